The second-order valence-electron chi connectivity index (χ2n) is 4.94. The lowest BCUT2D eigenvalue weighted by Gasteiger charge is -2.33. The number of piperazine rings is 1. The van der Waals surface area contributed by atoms with Crippen LogP contribution in [0.2, 0.25) is 0 Å². The van der Waals surface area contributed by atoms with Gasteiger partial charge in [0.05, 0.1) is 17.0 Å². The monoisotopic (exact) mass is 363 g/mol. The molecule has 3 heterocycles. The second kappa shape index (κ2) is 8.53. The van der Waals surface area contributed by atoms with Gasteiger partial charge in [-0.05, 0) is 18.4 Å². The summed E-state index contributed by atoms with van der Waals surface area (Å²) in [5.74, 6) is 0.709. The first kappa shape index (κ1) is 19.0. The molecular weight excluding hydrogens is 345 g/mol. The van der Waals surface area contributed by atoms with E-state index >= 15 is 0 Å². The summed E-state index contributed by atoms with van der Waals surface area (Å²) in [5.41, 5.74) is 0.698. The van der Waals surface area contributed by atoms with E-state index in [-0.39, 0.29) is 36.8 Å². The van der Waals surface area contributed by atoms with Gasteiger partial charge < -0.3 is 14.6 Å². The average Bonchev–Trinajstić information content (AvgIpc) is 3.09. The van der Waals surface area contributed by atoms with Gasteiger partial charge in [-0.1, -0.05) is 6.07 Å². The predicted molar refractivity (Wildman–Crippen MR) is 92.1 cm³/mol. The zero-order valence-corrected chi connectivity index (χ0v) is 14.6. The molecule has 0 bridgehead atoms. The molecule has 1 unspecified atom stereocenters. The van der Waals surface area contributed by atoms with Gasteiger partial charge in [0.15, 0.2) is 0 Å². The van der Waals surface area contributed by atoms with Crippen LogP contribution in [0.1, 0.15) is 12.6 Å². The number of aromatic nitrogens is 1. The highest BCUT2D eigenvalue weighted by Crippen LogP contribution is 2.23. The molecule has 3 rings (SSSR count). The van der Waals surface area contributed by atoms with E-state index in [1.807, 2.05) is 22.4 Å². The van der Waals surface area contributed by atoms with Crippen LogP contribution in [0.5, 0.6) is 0 Å². The maximum atomic E-state index is 12.3. The van der Waals surface area contributed by atoms with Gasteiger partial charge in [0, 0.05) is 25.7 Å². The van der Waals surface area contributed by atoms with Gasteiger partial charge in [0.25, 0.3) is 0 Å². The quantitative estimate of drug-likeness (QED) is 0.910. The Bertz CT molecular complexity index is 589. The first-order valence-corrected chi connectivity index (χ1v) is 7.60. The van der Waals surface area contributed by atoms with Crippen molar-refractivity contribution < 1.29 is 9.21 Å². The first-order chi connectivity index (χ1) is 9.74. The second-order valence-corrected chi connectivity index (χ2v) is 5.89. The minimum absolute atomic E-state index is 0. The van der Waals surface area contributed by atoms with Crippen molar-refractivity contribution in [1.82, 2.24) is 15.2 Å². The molecule has 22 heavy (non-hydrogen) atoms. The molecule has 1 aliphatic rings. The molecule has 2 aromatic rings. The summed E-state index contributed by atoms with van der Waals surface area (Å²) in [6, 6.07) is 4.15. The van der Waals surface area contributed by atoms with Crippen LogP contribution >= 0.6 is 36.2 Å². The molecule has 0 saturated carbocycles. The van der Waals surface area contributed by atoms with E-state index in [4.69, 9.17) is 4.42 Å². The zero-order valence-electron chi connectivity index (χ0n) is 12.2. The molecule has 0 spiro atoms. The van der Waals surface area contributed by atoms with Crippen LogP contribution in [0.15, 0.2) is 28.2 Å². The van der Waals surface area contributed by atoms with Crippen molar-refractivity contribution in [3.63, 3.8) is 0 Å². The van der Waals surface area contributed by atoms with E-state index in [0.717, 1.165) is 24.5 Å². The number of oxazole rings is 1. The number of halogens is 2. The molecular formula is C14H19Cl2N3O2S. The number of hydrogen-bond acceptors (Lipinski definition) is 5. The van der Waals surface area contributed by atoms with Gasteiger partial charge in [-0.25, -0.2) is 4.98 Å². The largest absolute Gasteiger partial charge is 0.444 e. The topological polar surface area (TPSA) is 58.4 Å². The fraction of sp³-hybridized carbons (Fsp3) is 0.429. The molecule has 0 aromatic carbocycles. The third-order valence-corrected chi connectivity index (χ3v) is 4.30. The van der Waals surface area contributed by atoms with Gasteiger partial charge in [0.2, 0.25) is 11.8 Å². The Kier molecular flexibility index (Phi) is 7.35. The van der Waals surface area contributed by atoms with Crippen LogP contribution in [0.25, 0.3) is 10.8 Å². The Hall–Kier alpha value is -1.08. The Morgan fingerprint density at radius 3 is 3.05 bits per heavy atom. The average molecular weight is 364 g/mol. The Morgan fingerprint density at radius 1 is 1.55 bits per heavy atom. The fourth-order valence-corrected chi connectivity index (χ4v) is 3.03. The van der Waals surface area contributed by atoms with Crippen molar-refractivity contribution in [2.24, 2.45) is 0 Å². The number of rotatable bonds is 3. The van der Waals surface area contributed by atoms with E-state index in [9.17, 15) is 4.79 Å². The van der Waals surface area contributed by atoms with Gasteiger partial charge >= 0.3 is 0 Å². The van der Waals surface area contributed by atoms with Crippen LogP contribution in [-0.4, -0.2) is 41.5 Å². The molecule has 0 aliphatic carbocycles. The van der Waals surface area contributed by atoms with Crippen molar-refractivity contribution >= 4 is 42.1 Å². The minimum atomic E-state index is 0. The lowest BCUT2D eigenvalue weighted by molar-refractivity contribution is -0.133. The van der Waals surface area contributed by atoms with Crippen molar-refractivity contribution in [2.75, 3.05) is 19.6 Å². The van der Waals surface area contributed by atoms with Gasteiger partial charge in [0.1, 0.15) is 6.26 Å². The van der Waals surface area contributed by atoms with Crippen molar-refractivity contribution in [2.45, 2.75) is 19.4 Å². The standard InChI is InChI=1S/C14H17N3O2S.2ClH/c1-10-8-15-4-5-17(10)13(18)7-11-9-19-14(16-11)12-3-2-6-20-12;;/h2-3,6,9-10,15H,4-5,7-8H2,1H3;2*1H. The van der Waals surface area contributed by atoms with Gasteiger partial charge in [-0.3, -0.25) is 4.79 Å². The summed E-state index contributed by atoms with van der Waals surface area (Å²) in [6.45, 7) is 4.53. The SMILES string of the molecule is CC1CNCCN1C(=O)Cc1coc(-c2cccs2)n1.Cl.Cl. The summed E-state index contributed by atoms with van der Waals surface area (Å²) in [5, 5.41) is 5.26. The molecule has 0 radical (unpaired) electrons. The molecule has 1 amide bonds. The smallest absolute Gasteiger partial charge is 0.236 e. The van der Waals surface area contributed by atoms with Crippen LogP contribution in [0.3, 0.4) is 0 Å². The molecule has 1 aliphatic heterocycles. The van der Waals surface area contributed by atoms with Crippen molar-refractivity contribution in [3.8, 4) is 10.8 Å². The molecule has 1 fully saturated rings. The van der Waals surface area contributed by atoms with E-state index < -0.39 is 0 Å². The van der Waals surface area contributed by atoms with E-state index in [2.05, 4.69) is 17.2 Å². The van der Waals surface area contributed by atoms with Crippen molar-refractivity contribution in [3.05, 3.63) is 29.5 Å². The molecule has 8 heteroatoms. The van der Waals surface area contributed by atoms with Crippen LogP contribution in [0.4, 0.5) is 0 Å². The summed E-state index contributed by atoms with van der Waals surface area (Å²) < 4.78 is 5.44. The number of amides is 1. The maximum absolute atomic E-state index is 12.3. The molecule has 1 atom stereocenters. The third-order valence-electron chi connectivity index (χ3n) is 3.44. The summed E-state index contributed by atoms with van der Waals surface area (Å²) in [7, 11) is 0. The van der Waals surface area contributed by atoms with Crippen LogP contribution in [-0.2, 0) is 11.2 Å². The minimum Gasteiger partial charge on any atom is -0.444 e. The van der Waals surface area contributed by atoms with E-state index in [1.165, 1.54) is 0 Å². The fourth-order valence-electron chi connectivity index (χ4n) is 2.37. The highest BCUT2D eigenvalue weighted by atomic mass is 35.5. The number of carbonyl (C=O) groups excluding carboxylic acids is 1. The van der Waals surface area contributed by atoms with Crippen molar-refractivity contribution in [1.29, 1.82) is 0 Å². The van der Waals surface area contributed by atoms with Crippen LogP contribution in [0, 0.1) is 0 Å². The van der Waals surface area contributed by atoms with Gasteiger partial charge in [-0.2, -0.15) is 0 Å². The normalized spacial score (nSPS) is 17.5. The Morgan fingerprint density at radius 2 is 2.36 bits per heavy atom. The first-order valence-electron chi connectivity index (χ1n) is 6.72. The highest BCUT2D eigenvalue weighted by Gasteiger charge is 2.23. The van der Waals surface area contributed by atoms with Gasteiger partial charge in [-0.15, -0.1) is 36.2 Å². The molecule has 2 aromatic heterocycles. The molecule has 1 saturated heterocycles. The number of carbonyl (C=O) groups is 1. The number of nitrogens with zero attached hydrogens (tertiary/aromatic N) is 2. The van der Waals surface area contributed by atoms with Crippen LogP contribution < -0.4 is 5.32 Å². The molecule has 122 valence electrons. The Labute approximate surface area is 145 Å². The lowest BCUT2D eigenvalue weighted by atomic mass is 10.2. The summed E-state index contributed by atoms with van der Waals surface area (Å²) in [4.78, 5) is 19.6. The Balaban J connectivity index is 0.00000121. The third kappa shape index (κ3) is 4.23. The van der Waals surface area contributed by atoms with E-state index in [0.29, 0.717) is 18.0 Å². The number of thiophene rings is 1. The summed E-state index contributed by atoms with van der Waals surface area (Å²) in [6.07, 6.45) is 1.89. The maximum Gasteiger partial charge on any atom is 0.236 e. The number of hydrogen-bond donors (Lipinski definition) is 1. The predicted octanol–water partition coefficient (Wildman–Crippen LogP) is 2.61. The van der Waals surface area contributed by atoms with E-state index in [1.54, 1.807) is 17.6 Å². The lowest BCUT2D eigenvalue weighted by Crippen LogP contribution is -2.52. The zero-order chi connectivity index (χ0) is 13.9. The molecule has 5 nitrogen and oxygen atoms in total. The molecule has 1 N–H and O–H groups in total. The highest BCUT2D eigenvalue weighted by molar-refractivity contribution is 7.13. The summed E-state index contributed by atoms with van der Waals surface area (Å²) >= 11 is 1.58. The number of nitrogens with one attached hydrogen (secondary N) is 1.